The zero-order valence-electron chi connectivity index (χ0n) is 19.6. The van der Waals surface area contributed by atoms with Crippen LogP contribution in [0.1, 0.15) is 31.4 Å². The van der Waals surface area contributed by atoms with Crippen LogP contribution in [0.25, 0.3) is 11.3 Å². The summed E-state index contributed by atoms with van der Waals surface area (Å²) in [4.78, 5) is 2.25. The van der Waals surface area contributed by atoms with Crippen LogP contribution in [-0.4, -0.2) is 52.2 Å². The van der Waals surface area contributed by atoms with Crippen molar-refractivity contribution in [3.8, 4) is 22.9 Å². The van der Waals surface area contributed by atoms with Crippen molar-refractivity contribution in [3.63, 3.8) is 0 Å². The highest BCUT2D eigenvalue weighted by atomic mass is 16.5. The molecule has 1 atom stereocenters. The number of benzene rings is 2. The van der Waals surface area contributed by atoms with Gasteiger partial charge in [0.15, 0.2) is 0 Å². The molecule has 0 saturated heterocycles. The zero-order valence-corrected chi connectivity index (χ0v) is 19.6. The first kappa shape index (κ1) is 24.0. The van der Waals surface area contributed by atoms with Crippen LogP contribution in [0.15, 0.2) is 54.6 Å². The van der Waals surface area contributed by atoms with Crippen LogP contribution < -0.4 is 4.74 Å². The Kier molecular flexibility index (Phi) is 8.85. The van der Waals surface area contributed by atoms with Gasteiger partial charge >= 0.3 is 0 Å². The number of hydrogen-bond donors (Lipinski definition) is 1. The van der Waals surface area contributed by atoms with Crippen molar-refractivity contribution in [1.82, 2.24) is 14.7 Å². The summed E-state index contributed by atoms with van der Waals surface area (Å²) in [7, 11) is 1.91. The molecule has 6 heteroatoms. The molecule has 1 heterocycles. The van der Waals surface area contributed by atoms with Gasteiger partial charge in [0.25, 0.3) is 0 Å². The van der Waals surface area contributed by atoms with Crippen molar-refractivity contribution in [1.29, 1.82) is 0 Å². The third kappa shape index (κ3) is 6.42. The highest BCUT2D eigenvalue weighted by Gasteiger charge is 2.23. The standard InChI is InChI=1S/C26H35N3O3/c1-5-15-29(17-22(30)19-31-6-2)18-24-25(21-12-8-7-9-13-21)27-28(4)26(24)32-23-14-10-11-20(3)16-23/h7-14,16,22,30H,5-6,15,17-19H2,1-4H3/t22-/m0/s1. The van der Waals surface area contributed by atoms with Crippen LogP contribution >= 0.6 is 0 Å². The van der Waals surface area contributed by atoms with Crippen LogP contribution in [0.5, 0.6) is 11.6 Å². The summed E-state index contributed by atoms with van der Waals surface area (Å²) in [5, 5.41) is 15.3. The Morgan fingerprint density at radius 1 is 1.09 bits per heavy atom. The predicted octanol–water partition coefficient (Wildman–Crippen LogP) is 4.80. The SMILES string of the molecule is CCCN(Cc1c(-c2ccccc2)nn(C)c1Oc1cccc(C)c1)C[C@H](O)COCC. The van der Waals surface area contributed by atoms with E-state index in [-0.39, 0.29) is 0 Å². The van der Waals surface area contributed by atoms with E-state index in [1.807, 2.05) is 50.4 Å². The minimum absolute atomic E-state index is 0.335. The van der Waals surface area contributed by atoms with Gasteiger partial charge in [-0.25, -0.2) is 4.68 Å². The molecule has 3 aromatic rings. The van der Waals surface area contributed by atoms with Crippen molar-refractivity contribution in [2.24, 2.45) is 7.05 Å². The number of aromatic nitrogens is 2. The normalized spacial score (nSPS) is 12.3. The smallest absolute Gasteiger partial charge is 0.222 e. The van der Waals surface area contributed by atoms with Gasteiger partial charge in [0.2, 0.25) is 5.88 Å². The first-order valence-electron chi connectivity index (χ1n) is 11.4. The molecular formula is C26H35N3O3. The average Bonchev–Trinajstić information content (AvgIpc) is 3.08. The Balaban J connectivity index is 1.96. The quantitative estimate of drug-likeness (QED) is 0.441. The molecule has 0 amide bonds. The fourth-order valence-corrected chi connectivity index (χ4v) is 3.82. The maximum atomic E-state index is 10.5. The number of aryl methyl sites for hydroxylation is 2. The van der Waals surface area contributed by atoms with Crippen molar-refractivity contribution >= 4 is 0 Å². The van der Waals surface area contributed by atoms with E-state index in [0.717, 1.165) is 47.0 Å². The first-order chi connectivity index (χ1) is 15.5. The summed E-state index contributed by atoms with van der Waals surface area (Å²) in [6.45, 7) is 9.07. The summed E-state index contributed by atoms with van der Waals surface area (Å²) in [5.41, 5.74) is 4.10. The third-order valence-corrected chi connectivity index (χ3v) is 5.24. The molecule has 2 aromatic carbocycles. The third-order valence-electron chi connectivity index (χ3n) is 5.24. The Morgan fingerprint density at radius 3 is 2.56 bits per heavy atom. The number of nitrogens with zero attached hydrogens (tertiary/aromatic N) is 3. The molecule has 0 aliphatic carbocycles. The molecule has 0 spiro atoms. The second-order valence-electron chi connectivity index (χ2n) is 8.09. The molecule has 3 rings (SSSR count). The number of aliphatic hydroxyl groups is 1. The van der Waals surface area contributed by atoms with Crippen molar-refractivity contribution in [2.45, 2.75) is 39.8 Å². The lowest BCUT2D eigenvalue weighted by Crippen LogP contribution is -2.35. The monoisotopic (exact) mass is 437 g/mol. The molecule has 172 valence electrons. The van der Waals surface area contributed by atoms with Gasteiger partial charge in [0.1, 0.15) is 11.4 Å². The molecule has 6 nitrogen and oxygen atoms in total. The average molecular weight is 438 g/mol. The molecule has 0 unspecified atom stereocenters. The van der Waals surface area contributed by atoms with Crippen LogP contribution in [0, 0.1) is 6.92 Å². The highest BCUT2D eigenvalue weighted by molar-refractivity contribution is 5.65. The lowest BCUT2D eigenvalue weighted by Gasteiger charge is -2.25. The molecule has 0 radical (unpaired) electrons. The van der Waals surface area contributed by atoms with Gasteiger partial charge in [0.05, 0.1) is 18.3 Å². The molecule has 32 heavy (non-hydrogen) atoms. The lowest BCUT2D eigenvalue weighted by atomic mass is 10.1. The second-order valence-corrected chi connectivity index (χ2v) is 8.09. The topological polar surface area (TPSA) is 59.8 Å². The number of aliphatic hydroxyl groups excluding tert-OH is 1. The number of rotatable bonds is 12. The maximum absolute atomic E-state index is 10.5. The van der Waals surface area contributed by atoms with E-state index in [1.165, 1.54) is 0 Å². The van der Waals surface area contributed by atoms with Gasteiger partial charge in [-0.1, -0.05) is 49.4 Å². The zero-order chi connectivity index (χ0) is 22.9. The summed E-state index contributed by atoms with van der Waals surface area (Å²) >= 11 is 0. The molecule has 1 aromatic heterocycles. The van der Waals surface area contributed by atoms with Gasteiger partial charge in [-0.2, -0.15) is 5.10 Å². The fraction of sp³-hybridized carbons (Fsp3) is 0.423. The molecule has 0 aliphatic rings. The van der Waals surface area contributed by atoms with E-state index < -0.39 is 6.10 Å². The second kappa shape index (κ2) is 11.8. The van der Waals surface area contributed by atoms with E-state index >= 15 is 0 Å². The Bertz CT molecular complexity index is 972. The maximum Gasteiger partial charge on any atom is 0.222 e. The Labute approximate surface area is 191 Å². The van der Waals surface area contributed by atoms with Crippen molar-refractivity contribution in [3.05, 3.63) is 65.7 Å². The van der Waals surface area contributed by atoms with Crippen molar-refractivity contribution < 1.29 is 14.6 Å². The van der Waals surface area contributed by atoms with Crippen molar-refractivity contribution in [2.75, 3.05) is 26.3 Å². The van der Waals surface area contributed by atoms with E-state index in [0.29, 0.717) is 26.3 Å². The van der Waals surface area contributed by atoms with Gasteiger partial charge in [-0.05, 0) is 44.5 Å². The molecule has 0 saturated carbocycles. The van der Waals surface area contributed by atoms with Crippen LogP contribution in [-0.2, 0) is 18.3 Å². The first-order valence-corrected chi connectivity index (χ1v) is 11.4. The van der Waals surface area contributed by atoms with Gasteiger partial charge in [-0.3, -0.25) is 4.90 Å². The molecule has 1 N–H and O–H groups in total. The van der Waals surface area contributed by atoms with Gasteiger partial charge < -0.3 is 14.6 Å². The van der Waals surface area contributed by atoms with E-state index in [1.54, 1.807) is 4.68 Å². The molecular weight excluding hydrogens is 402 g/mol. The number of ether oxygens (including phenoxy) is 2. The lowest BCUT2D eigenvalue weighted by molar-refractivity contribution is 0.0195. The predicted molar refractivity (Wildman–Crippen MR) is 128 cm³/mol. The summed E-state index contributed by atoms with van der Waals surface area (Å²) in [6.07, 6.45) is 0.440. The Hall–Kier alpha value is -2.67. The fourth-order valence-electron chi connectivity index (χ4n) is 3.82. The van der Waals surface area contributed by atoms with E-state index in [9.17, 15) is 5.11 Å². The van der Waals surface area contributed by atoms with Crippen LogP contribution in [0.2, 0.25) is 0 Å². The Morgan fingerprint density at radius 2 is 1.88 bits per heavy atom. The van der Waals surface area contributed by atoms with E-state index in [2.05, 4.69) is 36.9 Å². The summed E-state index contributed by atoms with van der Waals surface area (Å²) in [5.74, 6) is 1.50. The highest BCUT2D eigenvalue weighted by Crippen LogP contribution is 2.34. The number of hydrogen-bond acceptors (Lipinski definition) is 5. The van der Waals surface area contributed by atoms with Gasteiger partial charge in [-0.15, -0.1) is 0 Å². The minimum Gasteiger partial charge on any atom is -0.439 e. The molecule has 0 aliphatic heterocycles. The minimum atomic E-state index is -0.542. The van der Waals surface area contributed by atoms with Crippen LogP contribution in [0.3, 0.4) is 0 Å². The largest absolute Gasteiger partial charge is 0.439 e. The molecule has 0 bridgehead atoms. The van der Waals surface area contributed by atoms with Crippen LogP contribution in [0.4, 0.5) is 0 Å². The molecule has 0 fully saturated rings. The summed E-state index contributed by atoms with van der Waals surface area (Å²) < 4.78 is 13.6. The summed E-state index contributed by atoms with van der Waals surface area (Å²) in [6, 6.07) is 18.2. The van der Waals surface area contributed by atoms with Gasteiger partial charge in [0, 0.05) is 32.3 Å². The van der Waals surface area contributed by atoms with E-state index in [4.69, 9.17) is 14.6 Å².